The highest BCUT2D eigenvalue weighted by Crippen LogP contribution is 2.54. The van der Waals surface area contributed by atoms with Crippen molar-refractivity contribution >= 4 is 11.9 Å². The molecule has 4 atom stereocenters. The lowest BCUT2D eigenvalue weighted by Crippen LogP contribution is -2.19. The summed E-state index contributed by atoms with van der Waals surface area (Å²) in [5.41, 5.74) is 1.05. The third-order valence-electron chi connectivity index (χ3n) is 6.10. The zero-order chi connectivity index (χ0) is 24.6. The van der Waals surface area contributed by atoms with Crippen molar-refractivity contribution in [3.8, 4) is 34.5 Å². The van der Waals surface area contributed by atoms with Gasteiger partial charge in [0.2, 0.25) is 11.5 Å². The van der Waals surface area contributed by atoms with E-state index in [1.807, 2.05) is 0 Å². The van der Waals surface area contributed by atoms with Crippen LogP contribution in [0.25, 0.3) is 0 Å². The van der Waals surface area contributed by atoms with Gasteiger partial charge in [0.1, 0.15) is 24.0 Å². The molecule has 0 aliphatic carbocycles. The quantitative estimate of drug-likeness (QED) is 0.530. The molecular weight excluding hydrogens is 448 g/mol. The molecule has 34 heavy (non-hydrogen) atoms. The lowest BCUT2D eigenvalue weighted by molar-refractivity contribution is -0.154. The number of benzene rings is 2. The van der Waals surface area contributed by atoms with Gasteiger partial charge < -0.3 is 37.9 Å². The van der Waals surface area contributed by atoms with E-state index in [9.17, 15) is 9.59 Å². The minimum Gasteiger partial charge on any atom is -0.493 e. The first-order valence-corrected chi connectivity index (χ1v) is 10.4. The number of carbonyl (C=O) groups is 2. The summed E-state index contributed by atoms with van der Waals surface area (Å²) < 4.78 is 43.7. The predicted molar refractivity (Wildman–Crippen MR) is 117 cm³/mol. The summed E-state index contributed by atoms with van der Waals surface area (Å²) in [5.74, 6) is -0.529. The molecule has 2 aliphatic heterocycles. The van der Waals surface area contributed by atoms with Crippen LogP contribution in [0.2, 0.25) is 0 Å². The molecule has 2 fully saturated rings. The zero-order valence-electron chi connectivity index (χ0n) is 19.7. The molecule has 10 nitrogen and oxygen atoms in total. The molecule has 4 rings (SSSR count). The molecule has 0 unspecified atom stereocenters. The van der Waals surface area contributed by atoms with Crippen LogP contribution in [0.5, 0.6) is 34.5 Å². The van der Waals surface area contributed by atoms with Gasteiger partial charge in [0.15, 0.2) is 23.0 Å². The molecule has 2 saturated heterocycles. The zero-order valence-corrected chi connectivity index (χ0v) is 19.7. The van der Waals surface area contributed by atoms with Gasteiger partial charge in [0, 0.05) is 11.1 Å². The maximum Gasteiger partial charge on any atom is 0.314 e. The van der Waals surface area contributed by atoms with Crippen molar-refractivity contribution in [2.45, 2.75) is 12.2 Å². The van der Waals surface area contributed by atoms with Gasteiger partial charge in [0.25, 0.3) is 0 Å². The minimum atomic E-state index is -0.884. The van der Waals surface area contributed by atoms with E-state index in [-0.39, 0.29) is 0 Å². The number of hydrogen-bond acceptors (Lipinski definition) is 10. The van der Waals surface area contributed by atoms with E-state index in [0.29, 0.717) is 45.6 Å². The Kier molecular flexibility index (Phi) is 6.32. The fourth-order valence-electron chi connectivity index (χ4n) is 4.55. The van der Waals surface area contributed by atoms with Crippen molar-refractivity contribution in [1.29, 1.82) is 0 Å². The third kappa shape index (κ3) is 3.59. The molecule has 2 aliphatic rings. The van der Waals surface area contributed by atoms with Crippen molar-refractivity contribution in [3.05, 3.63) is 35.4 Å². The van der Waals surface area contributed by atoms with Crippen LogP contribution < -0.4 is 28.4 Å². The second-order valence-corrected chi connectivity index (χ2v) is 7.68. The van der Waals surface area contributed by atoms with Crippen molar-refractivity contribution in [2.75, 3.05) is 42.7 Å². The summed E-state index contributed by atoms with van der Waals surface area (Å²) in [4.78, 5) is 26.0. The number of rotatable bonds is 8. The molecule has 0 aromatic heterocycles. The molecule has 0 spiro atoms. The van der Waals surface area contributed by atoms with Crippen molar-refractivity contribution in [3.63, 3.8) is 0 Å². The van der Waals surface area contributed by atoms with Crippen LogP contribution in [0.1, 0.15) is 23.3 Å². The number of ether oxygens (including phenoxy) is 8. The summed E-state index contributed by atoms with van der Waals surface area (Å²) in [5, 5.41) is 0. The van der Waals surface area contributed by atoms with Crippen LogP contribution in [0.3, 0.4) is 0 Å². The second-order valence-electron chi connectivity index (χ2n) is 7.68. The molecule has 0 saturated carbocycles. The smallest absolute Gasteiger partial charge is 0.314 e. The lowest BCUT2D eigenvalue weighted by atomic mass is 9.84. The average Bonchev–Trinajstić information content (AvgIpc) is 3.39. The van der Waals surface area contributed by atoms with E-state index < -0.39 is 36.0 Å². The monoisotopic (exact) mass is 474 g/mol. The number of hydrogen-bond donors (Lipinski definition) is 0. The highest BCUT2D eigenvalue weighted by molar-refractivity contribution is 5.90. The standard InChI is InChI=1S/C24H26O10/c1-27-13-7-11(8-14(28-2)21(13)31-5)19-17-18(24(26)33-19)20(34-23(17)25)12-9-15(29-3)22(32-6)16(10-12)30-4/h7-10,17-20H,1-6H3/t17-,18-,19+,20+/m1/s1. The largest absolute Gasteiger partial charge is 0.493 e. The first-order chi connectivity index (χ1) is 16.4. The Hall–Kier alpha value is -3.82. The van der Waals surface area contributed by atoms with Gasteiger partial charge in [-0.05, 0) is 24.3 Å². The maximum absolute atomic E-state index is 13.0. The van der Waals surface area contributed by atoms with Crippen LogP contribution in [-0.2, 0) is 19.1 Å². The van der Waals surface area contributed by atoms with E-state index in [1.54, 1.807) is 24.3 Å². The number of methoxy groups -OCH3 is 6. The van der Waals surface area contributed by atoms with Gasteiger partial charge in [0.05, 0.1) is 42.7 Å². The summed E-state index contributed by atoms with van der Waals surface area (Å²) in [7, 11) is 8.90. The molecule has 0 amide bonds. The summed E-state index contributed by atoms with van der Waals surface area (Å²) in [6.07, 6.45) is -1.77. The minimum absolute atomic E-state index is 0.379. The second kappa shape index (κ2) is 9.20. The Morgan fingerprint density at radius 3 is 1.06 bits per heavy atom. The predicted octanol–water partition coefficient (Wildman–Crippen LogP) is 2.87. The van der Waals surface area contributed by atoms with Crippen LogP contribution in [-0.4, -0.2) is 54.6 Å². The molecule has 182 valence electrons. The van der Waals surface area contributed by atoms with E-state index in [0.717, 1.165) is 0 Å². The number of carbonyl (C=O) groups excluding carboxylic acids is 2. The fraction of sp³-hybridized carbons (Fsp3) is 0.417. The number of fused-ring (bicyclic) bond motifs is 1. The van der Waals surface area contributed by atoms with Gasteiger partial charge in [-0.25, -0.2) is 0 Å². The molecule has 0 bridgehead atoms. The van der Waals surface area contributed by atoms with E-state index in [4.69, 9.17) is 37.9 Å². The van der Waals surface area contributed by atoms with Gasteiger partial charge >= 0.3 is 11.9 Å². The van der Waals surface area contributed by atoms with Crippen LogP contribution in [0, 0.1) is 11.8 Å². The molecule has 2 aromatic carbocycles. The molecular formula is C24H26O10. The Bertz CT molecular complexity index is 973. The van der Waals surface area contributed by atoms with Crippen molar-refractivity contribution in [2.24, 2.45) is 11.8 Å². The first kappa shape index (κ1) is 23.3. The molecule has 2 aromatic rings. The van der Waals surface area contributed by atoms with Crippen LogP contribution in [0.15, 0.2) is 24.3 Å². The van der Waals surface area contributed by atoms with Gasteiger partial charge in [-0.15, -0.1) is 0 Å². The van der Waals surface area contributed by atoms with E-state index in [2.05, 4.69) is 0 Å². The Morgan fingerprint density at radius 1 is 0.529 bits per heavy atom. The average molecular weight is 474 g/mol. The number of esters is 2. The Balaban J connectivity index is 1.75. The molecule has 0 radical (unpaired) electrons. The van der Waals surface area contributed by atoms with Gasteiger partial charge in [-0.1, -0.05) is 0 Å². The van der Waals surface area contributed by atoms with E-state index >= 15 is 0 Å². The molecule has 0 N–H and O–H groups in total. The van der Waals surface area contributed by atoms with Crippen molar-refractivity contribution < 1.29 is 47.5 Å². The summed E-state index contributed by atoms with van der Waals surface area (Å²) in [6, 6.07) is 6.62. The van der Waals surface area contributed by atoms with Gasteiger partial charge in [-0.3, -0.25) is 9.59 Å². The Labute approximate surface area is 196 Å². The highest BCUT2D eigenvalue weighted by Gasteiger charge is 2.60. The topological polar surface area (TPSA) is 108 Å². The summed E-state index contributed by atoms with van der Waals surface area (Å²) in [6.45, 7) is 0. The highest BCUT2D eigenvalue weighted by atomic mass is 16.6. The normalized spacial score (nSPS) is 23.0. The lowest BCUT2D eigenvalue weighted by Gasteiger charge is -2.19. The third-order valence-corrected chi connectivity index (χ3v) is 6.10. The SMILES string of the molecule is COc1cc([C@@H]2OC(=O)[C@@H]3[C@H]2C(=O)O[C@H]3c2cc(OC)c(OC)c(OC)c2)cc(OC)c1OC. The van der Waals surface area contributed by atoms with Gasteiger partial charge in [-0.2, -0.15) is 0 Å². The van der Waals surface area contributed by atoms with Crippen LogP contribution >= 0.6 is 0 Å². The molecule has 10 heteroatoms. The fourth-order valence-corrected chi connectivity index (χ4v) is 4.55. The molecule has 2 heterocycles. The maximum atomic E-state index is 13.0. The summed E-state index contributed by atoms with van der Waals surface area (Å²) >= 11 is 0. The first-order valence-electron chi connectivity index (χ1n) is 10.4. The number of cyclic esters (lactones) is 2. The van der Waals surface area contributed by atoms with Crippen molar-refractivity contribution in [1.82, 2.24) is 0 Å². The van der Waals surface area contributed by atoms with Crippen LogP contribution in [0.4, 0.5) is 0 Å². The Morgan fingerprint density at radius 2 is 0.824 bits per heavy atom. The van der Waals surface area contributed by atoms with E-state index in [1.165, 1.54) is 42.7 Å².